The quantitative estimate of drug-likeness (QED) is 0.209. The third-order valence-electron chi connectivity index (χ3n) is 7.65. The van der Waals surface area contributed by atoms with Crippen LogP contribution in [-0.4, -0.2) is 4.57 Å². The molecule has 39 heavy (non-hydrogen) atoms. The van der Waals surface area contributed by atoms with E-state index < -0.39 is 0 Å². The van der Waals surface area contributed by atoms with Gasteiger partial charge in [0.2, 0.25) is 0 Å². The molecule has 0 radical (unpaired) electrons. The van der Waals surface area contributed by atoms with Gasteiger partial charge in [-0.05, 0) is 76.9 Å². The van der Waals surface area contributed by atoms with Gasteiger partial charge in [0.05, 0.1) is 11.0 Å². The van der Waals surface area contributed by atoms with Crippen molar-refractivity contribution in [2.45, 2.75) is 0 Å². The maximum absolute atomic E-state index is 6.12. The van der Waals surface area contributed by atoms with Gasteiger partial charge < -0.3 is 8.98 Å². The van der Waals surface area contributed by atoms with Crippen molar-refractivity contribution in [2.24, 2.45) is 0 Å². The van der Waals surface area contributed by atoms with Crippen LogP contribution in [0.15, 0.2) is 142 Å². The Kier molecular flexibility index (Phi) is 5.01. The number of para-hydroxylation sites is 2. The predicted octanol–water partition coefficient (Wildman–Crippen LogP) is 10.8. The van der Waals surface area contributed by atoms with Crippen molar-refractivity contribution in [1.29, 1.82) is 0 Å². The fraction of sp³-hybridized carbons (Fsp3) is 0. The van der Waals surface area contributed by atoms with Crippen LogP contribution in [0.3, 0.4) is 0 Å². The number of nitrogens with zero attached hydrogens (tertiary/aromatic N) is 1. The molecular formula is C36H22BrNO. The molecule has 0 N–H and O–H groups in total. The average Bonchev–Trinajstić information content (AvgIpc) is 3.52. The smallest absolute Gasteiger partial charge is 0.135 e. The number of fused-ring (bicyclic) bond motifs is 6. The fourth-order valence-electron chi connectivity index (χ4n) is 5.83. The summed E-state index contributed by atoms with van der Waals surface area (Å²) in [6.45, 7) is 0. The lowest BCUT2D eigenvalue weighted by molar-refractivity contribution is 0.669. The molecule has 0 fully saturated rings. The Bertz CT molecular complexity index is 2200. The van der Waals surface area contributed by atoms with Gasteiger partial charge in [-0.15, -0.1) is 0 Å². The molecule has 2 nitrogen and oxygen atoms in total. The first-order valence-electron chi connectivity index (χ1n) is 13.0. The molecule has 2 aromatic heterocycles. The Morgan fingerprint density at radius 2 is 1.10 bits per heavy atom. The van der Waals surface area contributed by atoms with Gasteiger partial charge in [0.1, 0.15) is 11.2 Å². The Hall–Kier alpha value is -4.60. The van der Waals surface area contributed by atoms with E-state index in [1.165, 1.54) is 44.1 Å². The van der Waals surface area contributed by atoms with Gasteiger partial charge in [-0.2, -0.15) is 0 Å². The van der Waals surface area contributed by atoms with E-state index in [1.54, 1.807) is 0 Å². The molecule has 2 heterocycles. The lowest BCUT2D eigenvalue weighted by Crippen LogP contribution is -1.93. The molecule has 8 aromatic rings. The van der Waals surface area contributed by atoms with Crippen molar-refractivity contribution < 1.29 is 4.42 Å². The van der Waals surface area contributed by atoms with Gasteiger partial charge in [-0.3, -0.25) is 0 Å². The minimum atomic E-state index is 0.908. The minimum Gasteiger partial charge on any atom is -0.456 e. The zero-order chi connectivity index (χ0) is 25.9. The normalized spacial score (nSPS) is 11.7. The second kappa shape index (κ2) is 8.72. The molecule has 0 bridgehead atoms. The Morgan fingerprint density at radius 3 is 1.95 bits per heavy atom. The first-order valence-corrected chi connectivity index (χ1v) is 13.8. The van der Waals surface area contributed by atoms with Crippen LogP contribution in [0.1, 0.15) is 0 Å². The van der Waals surface area contributed by atoms with Crippen LogP contribution in [0.2, 0.25) is 0 Å². The van der Waals surface area contributed by atoms with Crippen LogP contribution in [0.5, 0.6) is 0 Å². The summed E-state index contributed by atoms with van der Waals surface area (Å²) in [7, 11) is 0. The Balaban J connectivity index is 1.35. The Morgan fingerprint density at radius 1 is 0.436 bits per heavy atom. The Labute approximate surface area is 233 Å². The van der Waals surface area contributed by atoms with E-state index in [4.69, 9.17) is 4.42 Å². The molecule has 0 aliphatic carbocycles. The lowest BCUT2D eigenvalue weighted by Gasteiger charge is -2.10. The predicted molar refractivity (Wildman–Crippen MR) is 167 cm³/mol. The standard InChI is InChI=1S/C36H22BrNO/c37-27-10-6-9-25(20-27)23-7-5-8-24(19-23)26-15-17-30-29-11-1-3-13-33(29)38(34(30)21-26)28-16-18-36-32(22-28)31-12-2-4-14-35(31)39-36/h1-22H. The van der Waals surface area contributed by atoms with Crippen molar-refractivity contribution in [3.8, 4) is 27.9 Å². The van der Waals surface area contributed by atoms with Gasteiger partial charge >= 0.3 is 0 Å². The van der Waals surface area contributed by atoms with E-state index in [-0.39, 0.29) is 0 Å². The summed E-state index contributed by atoms with van der Waals surface area (Å²) in [5.74, 6) is 0. The second-order valence-electron chi connectivity index (χ2n) is 9.95. The third kappa shape index (κ3) is 3.62. The molecule has 0 aliphatic rings. The number of hydrogen-bond acceptors (Lipinski definition) is 1. The summed E-state index contributed by atoms with van der Waals surface area (Å²) in [5, 5.41) is 4.76. The van der Waals surface area contributed by atoms with E-state index in [2.05, 4.69) is 142 Å². The van der Waals surface area contributed by atoms with Gasteiger partial charge in [-0.25, -0.2) is 0 Å². The molecule has 3 heteroatoms. The van der Waals surface area contributed by atoms with Gasteiger partial charge in [0, 0.05) is 31.7 Å². The first-order chi connectivity index (χ1) is 19.2. The SMILES string of the molecule is Brc1cccc(-c2cccc(-c3ccc4c5ccccc5n(-c5ccc6oc7ccccc7c6c5)c4c3)c2)c1. The summed E-state index contributed by atoms with van der Waals surface area (Å²) < 4.78 is 9.58. The highest BCUT2D eigenvalue weighted by molar-refractivity contribution is 9.10. The molecule has 0 aliphatic heterocycles. The van der Waals surface area contributed by atoms with Crippen molar-refractivity contribution >= 4 is 59.7 Å². The van der Waals surface area contributed by atoms with E-state index in [0.717, 1.165) is 32.1 Å². The van der Waals surface area contributed by atoms with Gasteiger partial charge in [0.25, 0.3) is 0 Å². The number of halogens is 1. The number of furan rings is 1. The van der Waals surface area contributed by atoms with Crippen LogP contribution in [-0.2, 0) is 0 Å². The minimum absolute atomic E-state index is 0.908. The summed E-state index contributed by atoms with van der Waals surface area (Å²) in [6.07, 6.45) is 0. The van der Waals surface area contributed by atoms with Crippen LogP contribution in [0.4, 0.5) is 0 Å². The number of rotatable bonds is 3. The molecule has 0 saturated carbocycles. The molecule has 0 spiro atoms. The highest BCUT2D eigenvalue weighted by atomic mass is 79.9. The molecule has 8 rings (SSSR count). The molecular weight excluding hydrogens is 542 g/mol. The van der Waals surface area contributed by atoms with E-state index in [9.17, 15) is 0 Å². The third-order valence-corrected chi connectivity index (χ3v) is 8.14. The van der Waals surface area contributed by atoms with Crippen molar-refractivity contribution in [3.63, 3.8) is 0 Å². The first kappa shape index (κ1) is 22.4. The zero-order valence-corrected chi connectivity index (χ0v) is 22.5. The zero-order valence-electron chi connectivity index (χ0n) is 20.9. The maximum atomic E-state index is 6.12. The summed E-state index contributed by atoms with van der Waals surface area (Å²) >= 11 is 3.61. The highest BCUT2D eigenvalue weighted by Gasteiger charge is 2.15. The molecule has 6 aromatic carbocycles. The van der Waals surface area contributed by atoms with Crippen molar-refractivity contribution in [2.75, 3.05) is 0 Å². The summed E-state index contributed by atoms with van der Waals surface area (Å²) in [5.41, 5.74) is 10.1. The topological polar surface area (TPSA) is 18.1 Å². The molecule has 0 saturated heterocycles. The largest absolute Gasteiger partial charge is 0.456 e. The van der Waals surface area contributed by atoms with Crippen LogP contribution < -0.4 is 0 Å². The van der Waals surface area contributed by atoms with E-state index in [1.807, 2.05) is 12.1 Å². The lowest BCUT2D eigenvalue weighted by atomic mass is 9.98. The number of benzene rings is 6. The average molecular weight is 564 g/mol. The van der Waals surface area contributed by atoms with Crippen LogP contribution in [0.25, 0.3) is 71.7 Å². The number of hydrogen-bond donors (Lipinski definition) is 0. The molecule has 0 amide bonds. The van der Waals surface area contributed by atoms with Crippen molar-refractivity contribution in [1.82, 2.24) is 4.57 Å². The van der Waals surface area contributed by atoms with Crippen molar-refractivity contribution in [3.05, 3.63) is 138 Å². The van der Waals surface area contributed by atoms with E-state index in [0.29, 0.717) is 0 Å². The second-order valence-corrected chi connectivity index (χ2v) is 10.9. The monoisotopic (exact) mass is 563 g/mol. The molecule has 184 valence electrons. The van der Waals surface area contributed by atoms with Crippen LogP contribution in [0, 0.1) is 0 Å². The van der Waals surface area contributed by atoms with Gasteiger partial charge in [-0.1, -0.05) is 94.8 Å². The van der Waals surface area contributed by atoms with Gasteiger partial charge in [0.15, 0.2) is 0 Å². The van der Waals surface area contributed by atoms with E-state index >= 15 is 0 Å². The molecule has 0 atom stereocenters. The summed E-state index contributed by atoms with van der Waals surface area (Å²) in [4.78, 5) is 0. The van der Waals surface area contributed by atoms with Crippen LogP contribution >= 0.6 is 15.9 Å². The fourth-order valence-corrected chi connectivity index (χ4v) is 6.23. The number of aromatic nitrogens is 1. The highest BCUT2D eigenvalue weighted by Crippen LogP contribution is 2.37. The summed E-state index contributed by atoms with van der Waals surface area (Å²) in [6, 6.07) is 47.5. The molecule has 0 unspecified atom stereocenters. The maximum Gasteiger partial charge on any atom is 0.135 e.